The van der Waals surface area contributed by atoms with Crippen LogP contribution in [0.15, 0.2) is 59.4 Å². The Morgan fingerprint density at radius 2 is 1.78 bits per heavy atom. The van der Waals surface area contributed by atoms with E-state index < -0.39 is 17.8 Å². The molecule has 0 saturated carbocycles. The summed E-state index contributed by atoms with van der Waals surface area (Å²) in [5, 5.41) is 20.6. The van der Waals surface area contributed by atoms with Gasteiger partial charge in [0.1, 0.15) is 5.82 Å². The van der Waals surface area contributed by atoms with Crippen molar-refractivity contribution in [3.63, 3.8) is 0 Å². The molecule has 0 saturated heterocycles. The maximum absolute atomic E-state index is 12.9. The Balaban J connectivity index is 1.69. The van der Waals surface area contributed by atoms with Gasteiger partial charge < -0.3 is 15.5 Å². The number of rotatable bonds is 5. The van der Waals surface area contributed by atoms with Crippen LogP contribution < -0.4 is 10.9 Å². The molecule has 32 heavy (non-hydrogen) atoms. The number of carbonyl (C=O) groups is 3. The lowest BCUT2D eigenvalue weighted by Gasteiger charge is -2.08. The van der Waals surface area contributed by atoms with Crippen molar-refractivity contribution in [1.82, 2.24) is 9.55 Å². The van der Waals surface area contributed by atoms with Crippen molar-refractivity contribution in [2.75, 3.05) is 5.32 Å². The molecule has 0 spiro atoms. The van der Waals surface area contributed by atoms with E-state index in [-0.39, 0.29) is 11.1 Å². The predicted molar refractivity (Wildman–Crippen MR) is 117 cm³/mol. The Morgan fingerprint density at radius 3 is 2.47 bits per heavy atom. The van der Waals surface area contributed by atoms with Crippen molar-refractivity contribution < 1.29 is 24.6 Å². The van der Waals surface area contributed by atoms with Crippen molar-refractivity contribution in [2.24, 2.45) is 0 Å². The number of fused-ring (bicyclic) bond motifs is 2. The smallest absolute Gasteiger partial charge is 0.335 e. The van der Waals surface area contributed by atoms with Gasteiger partial charge in [-0.25, -0.2) is 14.6 Å². The lowest BCUT2D eigenvalue weighted by Crippen LogP contribution is -2.21. The third-order valence-electron chi connectivity index (χ3n) is 4.99. The largest absolute Gasteiger partial charge is 0.478 e. The van der Waals surface area contributed by atoms with E-state index >= 15 is 0 Å². The molecule has 160 valence electrons. The van der Waals surface area contributed by atoms with Crippen LogP contribution in [0, 0.1) is 0 Å². The summed E-state index contributed by atoms with van der Waals surface area (Å²) < 4.78 is 1.59. The lowest BCUT2D eigenvalue weighted by molar-refractivity contribution is -0.131. The molecule has 9 heteroatoms. The Bertz CT molecular complexity index is 1380. The van der Waals surface area contributed by atoms with E-state index in [1.54, 1.807) is 34.9 Å². The third kappa shape index (κ3) is 4.17. The van der Waals surface area contributed by atoms with Gasteiger partial charge in [0.05, 0.1) is 16.5 Å². The molecule has 0 bridgehead atoms. The molecule has 9 nitrogen and oxygen atoms in total. The molecule has 3 aromatic rings. The maximum Gasteiger partial charge on any atom is 0.335 e. The van der Waals surface area contributed by atoms with E-state index in [0.717, 1.165) is 23.3 Å². The molecule has 1 aliphatic heterocycles. The fourth-order valence-corrected chi connectivity index (χ4v) is 3.49. The first-order valence-corrected chi connectivity index (χ1v) is 9.63. The SMILES string of the molecule is O=C(O)C=CC(=O)Nc1ccc2c(=O)n3c(nc2c1)C(=Cc1ccc(C(=O)O)cc1)CC3. The predicted octanol–water partition coefficient (Wildman–Crippen LogP) is 2.62. The summed E-state index contributed by atoms with van der Waals surface area (Å²) in [5.41, 5.74) is 2.40. The molecule has 1 aliphatic rings. The van der Waals surface area contributed by atoms with Gasteiger partial charge in [0.15, 0.2) is 0 Å². The molecule has 1 amide bonds. The van der Waals surface area contributed by atoms with Gasteiger partial charge in [-0.05, 0) is 54.0 Å². The van der Waals surface area contributed by atoms with Crippen LogP contribution in [0.5, 0.6) is 0 Å². The van der Waals surface area contributed by atoms with Gasteiger partial charge in [-0.15, -0.1) is 0 Å². The molecule has 0 radical (unpaired) electrons. The molecule has 0 atom stereocenters. The van der Waals surface area contributed by atoms with Crippen molar-refractivity contribution in [2.45, 2.75) is 13.0 Å². The lowest BCUT2D eigenvalue weighted by atomic mass is 10.1. The zero-order chi connectivity index (χ0) is 22.8. The van der Waals surface area contributed by atoms with E-state index in [4.69, 9.17) is 10.2 Å². The number of aromatic carboxylic acids is 1. The number of aromatic nitrogens is 2. The van der Waals surface area contributed by atoms with E-state index in [2.05, 4.69) is 10.3 Å². The first-order valence-electron chi connectivity index (χ1n) is 9.63. The molecular weight excluding hydrogens is 414 g/mol. The van der Waals surface area contributed by atoms with Crippen LogP contribution in [0.25, 0.3) is 22.6 Å². The van der Waals surface area contributed by atoms with Crippen LogP contribution in [0.4, 0.5) is 5.69 Å². The van der Waals surface area contributed by atoms with Gasteiger partial charge in [-0.1, -0.05) is 12.1 Å². The molecule has 1 aromatic heterocycles. The highest BCUT2D eigenvalue weighted by Gasteiger charge is 2.21. The van der Waals surface area contributed by atoms with E-state index in [9.17, 15) is 19.2 Å². The minimum absolute atomic E-state index is 0.187. The number of nitrogens with zero attached hydrogens (tertiary/aromatic N) is 2. The number of hydrogen-bond acceptors (Lipinski definition) is 5. The molecule has 2 heterocycles. The summed E-state index contributed by atoms with van der Waals surface area (Å²) in [6, 6.07) is 11.1. The van der Waals surface area contributed by atoms with Gasteiger partial charge >= 0.3 is 11.9 Å². The number of anilines is 1. The van der Waals surface area contributed by atoms with Crippen molar-refractivity contribution in [3.05, 3.63) is 81.9 Å². The number of carbonyl (C=O) groups excluding carboxylic acids is 1. The Labute approximate surface area is 181 Å². The number of nitrogens with one attached hydrogen (secondary N) is 1. The number of carboxylic acid groups (broad SMARTS) is 2. The minimum atomic E-state index is -1.24. The quantitative estimate of drug-likeness (QED) is 0.528. The summed E-state index contributed by atoms with van der Waals surface area (Å²) in [5.74, 6) is -2.34. The monoisotopic (exact) mass is 431 g/mol. The van der Waals surface area contributed by atoms with Crippen LogP contribution >= 0.6 is 0 Å². The second-order valence-corrected chi connectivity index (χ2v) is 7.13. The van der Waals surface area contributed by atoms with E-state index in [1.807, 2.05) is 6.08 Å². The topological polar surface area (TPSA) is 139 Å². The fraction of sp³-hybridized carbons (Fsp3) is 0.0870. The molecule has 0 aliphatic carbocycles. The minimum Gasteiger partial charge on any atom is -0.478 e. The average Bonchev–Trinajstić information content (AvgIpc) is 3.15. The van der Waals surface area contributed by atoms with Crippen molar-refractivity contribution >= 4 is 46.1 Å². The molecule has 0 fully saturated rings. The van der Waals surface area contributed by atoms with Gasteiger partial charge in [0, 0.05) is 24.4 Å². The number of allylic oxidation sites excluding steroid dienone is 1. The molecule has 2 aromatic carbocycles. The molecular formula is C23H17N3O6. The van der Waals surface area contributed by atoms with Gasteiger partial charge in [-0.2, -0.15) is 0 Å². The maximum atomic E-state index is 12.9. The van der Waals surface area contributed by atoms with Crippen LogP contribution in [0.1, 0.15) is 28.2 Å². The standard InChI is InChI=1S/C23H17N3O6/c27-19(7-8-20(28)29)24-16-5-6-17-18(12-16)25-21-15(9-10-26(21)22(17)30)11-13-1-3-14(4-2-13)23(31)32/h1-8,11-12H,9-10H2,(H,24,27)(H,28,29)(H,31,32). The highest BCUT2D eigenvalue weighted by atomic mass is 16.4. The first kappa shape index (κ1) is 20.7. The first-order chi connectivity index (χ1) is 15.3. The zero-order valence-corrected chi connectivity index (χ0v) is 16.6. The average molecular weight is 431 g/mol. The number of carboxylic acids is 2. The van der Waals surface area contributed by atoms with Crippen molar-refractivity contribution in [3.8, 4) is 0 Å². The zero-order valence-electron chi connectivity index (χ0n) is 16.6. The normalized spacial score (nSPS) is 14.1. The second-order valence-electron chi connectivity index (χ2n) is 7.13. The van der Waals surface area contributed by atoms with Crippen molar-refractivity contribution in [1.29, 1.82) is 0 Å². The highest BCUT2D eigenvalue weighted by molar-refractivity contribution is 6.03. The van der Waals surface area contributed by atoms with Gasteiger partial charge in [0.2, 0.25) is 5.91 Å². The Kier molecular flexibility index (Phi) is 5.38. The summed E-state index contributed by atoms with van der Waals surface area (Å²) in [6.45, 7) is 0.481. The summed E-state index contributed by atoms with van der Waals surface area (Å²) >= 11 is 0. The molecule has 4 rings (SSSR count). The Hall–Kier alpha value is -4.53. The fourth-order valence-electron chi connectivity index (χ4n) is 3.49. The molecule has 0 unspecified atom stereocenters. The number of benzene rings is 2. The summed E-state index contributed by atoms with van der Waals surface area (Å²) in [4.78, 5) is 50.9. The van der Waals surface area contributed by atoms with E-state index in [1.165, 1.54) is 12.1 Å². The van der Waals surface area contributed by atoms with Crippen LogP contribution in [-0.4, -0.2) is 37.6 Å². The third-order valence-corrected chi connectivity index (χ3v) is 4.99. The van der Waals surface area contributed by atoms with Gasteiger partial charge in [-0.3, -0.25) is 14.2 Å². The number of aliphatic carboxylic acids is 1. The Morgan fingerprint density at radius 1 is 1.03 bits per heavy atom. The summed E-state index contributed by atoms with van der Waals surface area (Å²) in [7, 11) is 0. The number of hydrogen-bond donors (Lipinski definition) is 3. The van der Waals surface area contributed by atoms with Crippen LogP contribution in [0.3, 0.4) is 0 Å². The van der Waals surface area contributed by atoms with Crippen LogP contribution in [0.2, 0.25) is 0 Å². The second kappa shape index (κ2) is 8.31. The van der Waals surface area contributed by atoms with Gasteiger partial charge in [0.25, 0.3) is 5.56 Å². The molecule has 3 N–H and O–H groups in total. The van der Waals surface area contributed by atoms with E-state index in [0.29, 0.717) is 35.4 Å². The van der Waals surface area contributed by atoms with Crippen LogP contribution in [-0.2, 0) is 16.1 Å². The highest BCUT2D eigenvalue weighted by Crippen LogP contribution is 2.28. The number of amides is 1. The summed E-state index contributed by atoms with van der Waals surface area (Å²) in [6.07, 6.45) is 4.09.